The molecule has 0 unspecified atom stereocenters. The van der Waals surface area contributed by atoms with Gasteiger partial charge in [-0.25, -0.2) is 0 Å². The van der Waals surface area contributed by atoms with Crippen LogP contribution in [0.1, 0.15) is 11.3 Å². The average molecular weight is 317 g/mol. The van der Waals surface area contributed by atoms with Crippen molar-refractivity contribution in [3.63, 3.8) is 0 Å². The summed E-state index contributed by atoms with van der Waals surface area (Å²) in [6.07, 6.45) is 4.04. The van der Waals surface area contributed by atoms with E-state index in [4.69, 9.17) is 0 Å². The number of halogens is 1. The van der Waals surface area contributed by atoms with Crippen molar-refractivity contribution in [2.45, 2.75) is 0 Å². The molecule has 1 heterocycles. The molecule has 0 saturated carbocycles. The Morgan fingerprint density at radius 2 is 1.89 bits per heavy atom. The lowest BCUT2D eigenvalue weighted by Crippen LogP contribution is -2.11. The maximum Gasteiger partial charge on any atom is 0.0705 e. The molecule has 0 aliphatic rings. The topological polar surface area (TPSA) is 16.1 Å². The normalized spacial score (nSPS) is 11.9. The molecule has 2 aromatic rings. The second-order valence-electron chi connectivity index (χ2n) is 4.60. The molecule has 0 bridgehead atoms. The molecule has 3 heteroatoms. The van der Waals surface area contributed by atoms with Crippen molar-refractivity contribution in [2.75, 3.05) is 20.6 Å². The van der Waals surface area contributed by atoms with E-state index in [1.165, 1.54) is 11.1 Å². The van der Waals surface area contributed by atoms with Gasteiger partial charge in [0.2, 0.25) is 0 Å². The second kappa shape index (κ2) is 6.64. The number of nitrogens with zero attached hydrogens (tertiary/aromatic N) is 2. The van der Waals surface area contributed by atoms with Gasteiger partial charge in [0.15, 0.2) is 0 Å². The first-order valence-corrected chi connectivity index (χ1v) is 6.98. The number of hydrogen-bond donors (Lipinski definition) is 0. The summed E-state index contributed by atoms with van der Waals surface area (Å²) in [5.41, 5.74) is 3.36. The molecule has 0 radical (unpaired) electrons. The van der Waals surface area contributed by atoms with Crippen LogP contribution in [0.2, 0.25) is 0 Å². The van der Waals surface area contributed by atoms with Crippen LogP contribution in [0.15, 0.2) is 59.2 Å². The molecule has 0 aliphatic carbocycles. The van der Waals surface area contributed by atoms with Gasteiger partial charge in [0, 0.05) is 22.8 Å². The molecule has 0 atom stereocenters. The third-order valence-corrected chi connectivity index (χ3v) is 3.29. The zero-order valence-corrected chi connectivity index (χ0v) is 12.8. The number of rotatable bonds is 4. The van der Waals surface area contributed by atoms with Crippen molar-refractivity contribution >= 4 is 21.5 Å². The highest BCUT2D eigenvalue weighted by molar-refractivity contribution is 9.10. The molecule has 0 saturated heterocycles. The molecule has 2 nitrogen and oxygen atoms in total. The number of benzene rings is 1. The minimum Gasteiger partial charge on any atom is -0.306 e. The first-order valence-electron chi connectivity index (χ1n) is 6.19. The fourth-order valence-corrected chi connectivity index (χ4v) is 2.06. The van der Waals surface area contributed by atoms with Gasteiger partial charge in [-0.05, 0) is 43.9 Å². The Bertz CT molecular complexity index is 545. The molecule has 1 aromatic carbocycles. The fourth-order valence-electron chi connectivity index (χ4n) is 1.80. The summed E-state index contributed by atoms with van der Waals surface area (Å²) in [5, 5.41) is 0. The van der Waals surface area contributed by atoms with Crippen LogP contribution in [0, 0.1) is 0 Å². The predicted molar refractivity (Wildman–Crippen MR) is 84.0 cm³/mol. The van der Waals surface area contributed by atoms with Crippen LogP contribution >= 0.6 is 15.9 Å². The van der Waals surface area contributed by atoms with Crippen LogP contribution in [0.5, 0.6) is 0 Å². The molecular formula is C16H17BrN2. The molecular weight excluding hydrogens is 300 g/mol. The number of likely N-dealkylation sites (N-methyl/N-ethyl adjacent to an activating group) is 1. The monoisotopic (exact) mass is 316 g/mol. The molecule has 2 rings (SSSR count). The number of aromatic nitrogens is 1. The van der Waals surface area contributed by atoms with E-state index in [2.05, 4.69) is 70.3 Å². The largest absolute Gasteiger partial charge is 0.306 e. The molecule has 0 N–H and O–H groups in total. The minimum atomic E-state index is 0.891. The van der Waals surface area contributed by atoms with E-state index in [1.54, 1.807) is 0 Å². The number of hydrogen-bond acceptors (Lipinski definition) is 2. The van der Waals surface area contributed by atoms with Crippen LogP contribution < -0.4 is 0 Å². The summed E-state index contributed by atoms with van der Waals surface area (Å²) in [6.45, 7) is 0.891. The first-order chi connectivity index (χ1) is 9.16. The zero-order chi connectivity index (χ0) is 13.7. The Balaban J connectivity index is 2.40. The van der Waals surface area contributed by atoms with Crippen LogP contribution in [0.25, 0.3) is 5.57 Å². The van der Waals surface area contributed by atoms with Crippen molar-refractivity contribution in [3.05, 3.63) is 70.5 Å². The van der Waals surface area contributed by atoms with E-state index >= 15 is 0 Å². The molecule has 1 aromatic heterocycles. The van der Waals surface area contributed by atoms with E-state index in [-0.39, 0.29) is 0 Å². The lowest BCUT2D eigenvalue weighted by Gasteiger charge is -2.11. The van der Waals surface area contributed by atoms with Gasteiger partial charge < -0.3 is 4.90 Å². The van der Waals surface area contributed by atoms with Gasteiger partial charge in [-0.3, -0.25) is 4.98 Å². The molecule has 98 valence electrons. The predicted octanol–water partition coefficient (Wildman–Crippen LogP) is 3.84. The van der Waals surface area contributed by atoms with Crippen LogP contribution in [0.3, 0.4) is 0 Å². The Labute approximate surface area is 122 Å². The Kier molecular flexibility index (Phi) is 4.88. The van der Waals surface area contributed by atoms with E-state index in [9.17, 15) is 0 Å². The van der Waals surface area contributed by atoms with E-state index < -0.39 is 0 Å². The lowest BCUT2D eigenvalue weighted by atomic mass is 10.0. The third-order valence-electron chi connectivity index (χ3n) is 2.76. The molecule has 19 heavy (non-hydrogen) atoms. The van der Waals surface area contributed by atoms with Crippen molar-refractivity contribution in [2.24, 2.45) is 0 Å². The zero-order valence-electron chi connectivity index (χ0n) is 11.2. The Hall–Kier alpha value is -1.45. The highest BCUT2D eigenvalue weighted by Gasteiger charge is 2.06. The highest BCUT2D eigenvalue weighted by atomic mass is 79.9. The summed E-state index contributed by atoms with van der Waals surface area (Å²) in [7, 11) is 4.13. The summed E-state index contributed by atoms with van der Waals surface area (Å²) in [4.78, 5) is 6.60. The van der Waals surface area contributed by atoms with Crippen LogP contribution in [-0.2, 0) is 0 Å². The van der Waals surface area contributed by atoms with Crippen molar-refractivity contribution in [1.29, 1.82) is 0 Å². The van der Waals surface area contributed by atoms with E-state index in [1.807, 2.05) is 24.4 Å². The molecule has 0 spiro atoms. The van der Waals surface area contributed by atoms with Gasteiger partial charge in [0.1, 0.15) is 0 Å². The summed E-state index contributed by atoms with van der Waals surface area (Å²) in [5.74, 6) is 0. The van der Waals surface area contributed by atoms with Gasteiger partial charge in [0.25, 0.3) is 0 Å². The Morgan fingerprint density at radius 1 is 1.16 bits per heavy atom. The second-order valence-corrected chi connectivity index (χ2v) is 5.52. The number of pyridine rings is 1. The van der Waals surface area contributed by atoms with Crippen molar-refractivity contribution in [1.82, 2.24) is 9.88 Å². The van der Waals surface area contributed by atoms with Gasteiger partial charge in [-0.2, -0.15) is 0 Å². The van der Waals surface area contributed by atoms with Crippen molar-refractivity contribution in [3.8, 4) is 0 Å². The maximum absolute atomic E-state index is 4.46. The van der Waals surface area contributed by atoms with Gasteiger partial charge in [-0.15, -0.1) is 0 Å². The molecule has 0 fully saturated rings. The van der Waals surface area contributed by atoms with Crippen LogP contribution in [0.4, 0.5) is 0 Å². The van der Waals surface area contributed by atoms with Crippen LogP contribution in [-0.4, -0.2) is 30.5 Å². The van der Waals surface area contributed by atoms with Gasteiger partial charge in [0.05, 0.1) is 5.69 Å². The highest BCUT2D eigenvalue weighted by Crippen LogP contribution is 2.23. The molecule has 0 amide bonds. The summed E-state index contributed by atoms with van der Waals surface area (Å²) in [6, 6.07) is 14.3. The van der Waals surface area contributed by atoms with Crippen molar-refractivity contribution < 1.29 is 0 Å². The summed E-state index contributed by atoms with van der Waals surface area (Å²) >= 11 is 3.47. The fraction of sp³-hybridized carbons (Fsp3) is 0.188. The molecule has 0 aliphatic heterocycles. The standard InChI is InChI=1S/C16H17BrN2/c1-19(2)12-10-15(16-5-3-4-11-18-16)13-6-8-14(17)9-7-13/h3-11H,12H2,1-2H3/b15-10-. The summed E-state index contributed by atoms with van der Waals surface area (Å²) < 4.78 is 1.09. The maximum atomic E-state index is 4.46. The SMILES string of the molecule is CN(C)C/C=C(/c1ccc(Br)cc1)c1ccccn1. The Morgan fingerprint density at radius 3 is 2.47 bits per heavy atom. The first kappa shape index (κ1) is 14.0. The minimum absolute atomic E-state index is 0.891. The quantitative estimate of drug-likeness (QED) is 0.852. The van der Waals surface area contributed by atoms with E-state index in [0.717, 1.165) is 16.7 Å². The average Bonchev–Trinajstić information content (AvgIpc) is 2.42. The van der Waals surface area contributed by atoms with E-state index in [0.29, 0.717) is 0 Å². The lowest BCUT2D eigenvalue weighted by molar-refractivity contribution is 0.457. The van der Waals surface area contributed by atoms with Gasteiger partial charge >= 0.3 is 0 Å². The third kappa shape index (κ3) is 4.01. The smallest absolute Gasteiger partial charge is 0.0705 e. The van der Waals surface area contributed by atoms with Gasteiger partial charge in [-0.1, -0.05) is 40.2 Å².